The van der Waals surface area contributed by atoms with Crippen molar-refractivity contribution < 1.29 is 9.22 Å². The average molecular weight is 228 g/mol. The molecule has 0 N–H and O–H groups in total. The lowest BCUT2D eigenvalue weighted by molar-refractivity contribution is -0.113. The Morgan fingerprint density at radius 1 is 1.27 bits per heavy atom. The third-order valence-electron chi connectivity index (χ3n) is 3.93. The second kappa shape index (κ2) is 4.38. The van der Waals surface area contributed by atoms with Crippen molar-refractivity contribution in [2.45, 2.75) is 64.3 Å². The molecule has 88 valence electrons. The van der Waals surface area contributed by atoms with Crippen LogP contribution in [0.2, 0.25) is 18.1 Å². The number of rotatable bonds is 3. The number of hydrogen-bond donors (Lipinski definition) is 0. The van der Waals surface area contributed by atoms with E-state index in [1.165, 1.54) is 0 Å². The lowest BCUT2D eigenvalue weighted by Crippen LogP contribution is -2.44. The molecule has 1 rings (SSSR count). The van der Waals surface area contributed by atoms with Crippen molar-refractivity contribution >= 4 is 14.6 Å². The minimum Gasteiger partial charge on any atom is -0.413 e. The summed E-state index contributed by atoms with van der Waals surface area (Å²) in [4.78, 5) is 10.9. The van der Waals surface area contributed by atoms with Gasteiger partial charge in [0.1, 0.15) is 6.29 Å². The van der Waals surface area contributed by atoms with Crippen LogP contribution >= 0.6 is 0 Å². The Morgan fingerprint density at radius 2 is 1.87 bits per heavy atom. The number of carbonyl (C=O) groups is 1. The van der Waals surface area contributed by atoms with Crippen LogP contribution in [0.4, 0.5) is 0 Å². The summed E-state index contributed by atoms with van der Waals surface area (Å²) >= 11 is 0. The molecule has 0 spiro atoms. The molecular formula is C12H24O2Si. The summed E-state index contributed by atoms with van der Waals surface area (Å²) in [5.41, 5.74) is 0. The van der Waals surface area contributed by atoms with Gasteiger partial charge in [-0.25, -0.2) is 0 Å². The molecule has 0 aliphatic heterocycles. The van der Waals surface area contributed by atoms with E-state index in [1.807, 2.05) is 0 Å². The molecular weight excluding hydrogens is 204 g/mol. The van der Waals surface area contributed by atoms with Crippen LogP contribution in [-0.4, -0.2) is 20.7 Å². The Balaban J connectivity index is 2.64. The van der Waals surface area contributed by atoms with Crippen molar-refractivity contribution in [1.29, 1.82) is 0 Å². The molecule has 0 aromatic carbocycles. The van der Waals surface area contributed by atoms with Crippen LogP contribution in [0.5, 0.6) is 0 Å². The maximum absolute atomic E-state index is 10.9. The largest absolute Gasteiger partial charge is 0.413 e. The molecule has 0 unspecified atom stereocenters. The predicted octanol–water partition coefficient (Wildman–Crippen LogP) is 3.38. The zero-order valence-corrected chi connectivity index (χ0v) is 11.7. The molecule has 1 fully saturated rings. The van der Waals surface area contributed by atoms with Crippen molar-refractivity contribution in [2.24, 2.45) is 5.92 Å². The highest BCUT2D eigenvalue weighted by molar-refractivity contribution is 6.74. The van der Waals surface area contributed by atoms with E-state index in [9.17, 15) is 4.79 Å². The van der Waals surface area contributed by atoms with Gasteiger partial charge in [-0.15, -0.1) is 0 Å². The average Bonchev–Trinajstić information content (AvgIpc) is 2.48. The third-order valence-corrected chi connectivity index (χ3v) is 8.44. The van der Waals surface area contributed by atoms with Gasteiger partial charge < -0.3 is 9.22 Å². The highest BCUT2D eigenvalue weighted by Crippen LogP contribution is 2.40. The van der Waals surface area contributed by atoms with Gasteiger partial charge >= 0.3 is 0 Å². The van der Waals surface area contributed by atoms with Crippen LogP contribution in [0.3, 0.4) is 0 Å². The molecule has 2 nitrogen and oxygen atoms in total. The number of carbonyl (C=O) groups excluding carboxylic acids is 1. The van der Waals surface area contributed by atoms with Gasteiger partial charge in [0.15, 0.2) is 8.32 Å². The molecule has 0 radical (unpaired) electrons. The molecule has 1 saturated carbocycles. The molecule has 1 aliphatic rings. The summed E-state index contributed by atoms with van der Waals surface area (Å²) in [7, 11) is -1.69. The lowest BCUT2D eigenvalue weighted by atomic mass is 10.1. The van der Waals surface area contributed by atoms with Crippen molar-refractivity contribution in [1.82, 2.24) is 0 Å². The molecule has 2 atom stereocenters. The quantitative estimate of drug-likeness (QED) is 0.547. The maximum atomic E-state index is 10.9. The second-order valence-corrected chi connectivity index (χ2v) is 10.9. The smallest absolute Gasteiger partial charge is 0.192 e. The fraction of sp³-hybridized carbons (Fsp3) is 0.917. The molecule has 3 heteroatoms. The summed E-state index contributed by atoms with van der Waals surface area (Å²) < 4.78 is 6.27. The van der Waals surface area contributed by atoms with Gasteiger partial charge in [-0.2, -0.15) is 0 Å². The minimum atomic E-state index is -1.69. The zero-order valence-electron chi connectivity index (χ0n) is 10.7. The minimum absolute atomic E-state index is 0.152. The van der Waals surface area contributed by atoms with Crippen LogP contribution in [0.1, 0.15) is 40.0 Å². The highest BCUT2D eigenvalue weighted by atomic mass is 28.4. The van der Waals surface area contributed by atoms with Crippen LogP contribution in [-0.2, 0) is 9.22 Å². The predicted molar refractivity (Wildman–Crippen MR) is 65.5 cm³/mol. The van der Waals surface area contributed by atoms with E-state index in [2.05, 4.69) is 33.9 Å². The molecule has 1 aliphatic carbocycles. The van der Waals surface area contributed by atoms with Crippen LogP contribution in [0, 0.1) is 5.92 Å². The first-order valence-corrected chi connectivity index (χ1v) is 8.82. The van der Waals surface area contributed by atoms with Gasteiger partial charge in [-0.1, -0.05) is 27.2 Å². The molecule has 0 bridgehead atoms. The van der Waals surface area contributed by atoms with Crippen molar-refractivity contribution in [3.63, 3.8) is 0 Å². The monoisotopic (exact) mass is 228 g/mol. The lowest BCUT2D eigenvalue weighted by Gasteiger charge is -2.39. The fourth-order valence-electron chi connectivity index (χ4n) is 1.81. The van der Waals surface area contributed by atoms with Gasteiger partial charge in [0, 0.05) is 5.92 Å². The van der Waals surface area contributed by atoms with Crippen LogP contribution in [0.25, 0.3) is 0 Å². The normalized spacial score (nSPS) is 28.1. The van der Waals surface area contributed by atoms with E-state index < -0.39 is 8.32 Å². The molecule has 15 heavy (non-hydrogen) atoms. The van der Waals surface area contributed by atoms with Gasteiger partial charge in [0.2, 0.25) is 0 Å². The Bertz CT molecular complexity index is 230. The number of hydrogen-bond acceptors (Lipinski definition) is 2. The Morgan fingerprint density at radius 3 is 2.33 bits per heavy atom. The Hall–Kier alpha value is -0.153. The Labute approximate surface area is 94.5 Å². The van der Waals surface area contributed by atoms with Gasteiger partial charge in [-0.05, 0) is 31.0 Å². The van der Waals surface area contributed by atoms with Crippen LogP contribution in [0.15, 0.2) is 0 Å². The van der Waals surface area contributed by atoms with Gasteiger partial charge in [-0.3, -0.25) is 0 Å². The molecule has 0 aromatic heterocycles. The first-order chi connectivity index (χ1) is 6.78. The van der Waals surface area contributed by atoms with E-state index in [1.54, 1.807) is 0 Å². The maximum Gasteiger partial charge on any atom is 0.192 e. The first kappa shape index (κ1) is 12.9. The topological polar surface area (TPSA) is 26.3 Å². The highest BCUT2D eigenvalue weighted by Gasteiger charge is 2.41. The van der Waals surface area contributed by atoms with Crippen LogP contribution < -0.4 is 0 Å². The van der Waals surface area contributed by atoms with Crippen molar-refractivity contribution in [3.8, 4) is 0 Å². The zero-order chi connectivity index (χ0) is 11.7. The van der Waals surface area contributed by atoms with Crippen molar-refractivity contribution in [3.05, 3.63) is 0 Å². The summed E-state index contributed by atoms with van der Waals surface area (Å²) in [6.07, 6.45) is 4.51. The fourth-order valence-corrected chi connectivity index (χ4v) is 3.21. The van der Waals surface area contributed by atoms with Gasteiger partial charge in [0.05, 0.1) is 6.10 Å². The van der Waals surface area contributed by atoms with E-state index in [0.717, 1.165) is 25.5 Å². The number of aldehydes is 1. The summed E-state index contributed by atoms with van der Waals surface area (Å²) in [6.45, 7) is 11.2. The summed E-state index contributed by atoms with van der Waals surface area (Å²) in [6, 6.07) is 0. The first-order valence-electron chi connectivity index (χ1n) is 5.91. The molecule has 0 saturated heterocycles. The van der Waals surface area contributed by atoms with Crippen molar-refractivity contribution in [2.75, 3.05) is 0 Å². The standard InChI is InChI=1S/C12H24O2Si/c1-12(2,3)15(4,5)14-11-8-6-7-10(11)9-13/h9-11H,6-8H2,1-5H3/t10-,11-/m0/s1. The Kier molecular flexibility index (Phi) is 3.77. The summed E-state index contributed by atoms with van der Waals surface area (Å²) in [5.74, 6) is 0.152. The summed E-state index contributed by atoms with van der Waals surface area (Å²) in [5, 5.41) is 0.239. The van der Waals surface area contributed by atoms with E-state index in [0.29, 0.717) is 0 Å². The third kappa shape index (κ3) is 2.91. The van der Waals surface area contributed by atoms with E-state index in [4.69, 9.17) is 4.43 Å². The second-order valence-electron chi connectivity index (χ2n) is 6.15. The van der Waals surface area contributed by atoms with E-state index >= 15 is 0 Å². The molecule has 0 aromatic rings. The SMILES string of the molecule is CC(C)(C)[Si](C)(C)O[C@H]1CCC[C@H]1C=O. The molecule has 0 amide bonds. The van der Waals surface area contributed by atoms with Gasteiger partial charge in [0.25, 0.3) is 0 Å². The molecule has 0 heterocycles. The van der Waals surface area contributed by atoms with E-state index in [-0.39, 0.29) is 17.1 Å².